The third-order valence-corrected chi connectivity index (χ3v) is 4.68. The average Bonchev–Trinajstić information content (AvgIpc) is 2.50. The van der Waals surface area contributed by atoms with Gasteiger partial charge in [-0.25, -0.2) is 0 Å². The maximum absolute atomic E-state index is 5.69. The highest BCUT2D eigenvalue weighted by Gasteiger charge is 2.20. The molecule has 0 saturated heterocycles. The van der Waals surface area contributed by atoms with E-state index in [1.165, 1.54) is 5.56 Å². The largest absolute Gasteiger partial charge is 0.486 e. The zero-order chi connectivity index (χ0) is 14.8. The van der Waals surface area contributed by atoms with E-state index >= 15 is 0 Å². The SMILES string of the molecule is CNC(c1ccc(Br)cc1)c1cc2c(cc1Br)OCCO2. The van der Waals surface area contributed by atoms with Gasteiger partial charge in [-0.05, 0) is 42.4 Å². The molecule has 0 radical (unpaired) electrons. The third-order valence-electron chi connectivity index (χ3n) is 3.46. The summed E-state index contributed by atoms with van der Waals surface area (Å²) in [6.45, 7) is 1.19. The Balaban J connectivity index is 2.02. The van der Waals surface area contributed by atoms with Gasteiger partial charge in [0, 0.05) is 8.95 Å². The van der Waals surface area contributed by atoms with Crippen LogP contribution in [-0.2, 0) is 0 Å². The van der Waals surface area contributed by atoms with Crippen LogP contribution in [0.5, 0.6) is 11.5 Å². The molecule has 0 saturated carbocycles. The van der Waals surface area contributed by atoms with E-state index in [2.05, 4.69) is 49.3 Å². The van der Waals surface area contributed by atoms with Crippen LogP contribution in [0, 0.1) is 0 Å². The molecule has 5 heteroatoms. The lowest BCUT2D eigenvalue weighted by molar-refractivity contribution is 0.171. The summed E-state index contributed by atoms with van der Waals surface area (Å²) in [7, 11) is 1.95. The monoisotopic (exact) mass is 411 g/mol. The molecule has 110 valence electrons. The summed E-state index contributed by atoms with van der Waals surface area (Å²) < 4.78 is 13.4. The normalized spacial score (nSPS) is 14.8. The summed E-state index contributed by atoms with van der Waals surface area (Å²) in [5, 5.41) is 3.36. The molecule has 0 fully saturated rings. The van der Waals surface area contributed by atoms with Gasteiger partial charge in [0.1, 0.15) is 13.2 Å². The van der Waals surface area contributed by atoms with E-state index < -0.39 is 0 Å². The van der Waals surface area contributed by atoms with Crippen molar-refractivity contribution >= 4 is 31.9 Å². The minimum absolute atomic E-state index is 0.0864. The van der Waals surface area contributed by atoms with Crippen molar-refractivity contribution in [1.82, 2.24) is 5.32 Å². The topological polar surface area (TPSA) is 30.5 Å². The Bertz CT molecular complexity index is 643. The highest BCUT2D eigenvalue weighted by Crippen LogP contribution is 2.39. The summed E-state index contributed by atoms with van der Waals surface area (Å²) in [5.41, 5.74) is 2.32. The predicted molar refractivity (Wildman–Crippen MR) is 90.2 cm³/mol. The van der Waals surface area contributed by atoms with Gasteiger partial charge in [-0.1, -0.05) is 44.0 Å². The van der Waals surface area contributed by atoms with E-state index in [9.17, 15) is 0 Å². The Morgan fingerprint density at radius 2 is 1.62 bits per heavy atom. The van der Waals surface area contributed by atoms with Gasteiger partial charge in [-0.15, -0.1) is 0 Å². The fourth-order valence-corrected chi connectivity index (χ4v) is 3.27. The second-order valence-electron chi connectivity index (χ2n) is 4.79. The lowest BCUT2D eigenvalue weighted by Crippen LogP contribution is -2.20. The first-order valence-electron chi connectivity index (χ1n) is 6.71. The molecule has 0 aromatic heterocycles. The number of hydrogen-bond donors (Lipinski definition) is 1. The van der Waals surface area contributed by atoms with Crippen molar-refractivity contribution in [3.05, 3.63) is 56.5 Å². The Morgan fingerprint density at radius 3 is 2.24 bits per heavy atom. The second-order valence-corrected chi connectivity index (χ2v) is 6.56. The Kier molecular flexibility index (Phi) is 4.52. The fraction of sp³-hybridized carbons (Fsp3) is 0.250. The lowest BCUT2D eigenvalue weighted by atomic mass is 9.98. The van der Waals surface area contributed by atoms with Crippen molar-refractivity contribution < 1.29 is 9.47 Å². The maximum Gasteiger partial charge on any atom is 0.162 e. The van der Waals surface area contributed by atoms with Crippen LogP contribution in [0.1, 0.15) is 17.2 Å². The Labute approximate surface area is 140 Å². The van der Waals surface area contributed by atoms with Crippen LogP contribution in [-0.4, -0.2) is 20.3 Å². The fourth-order valence-electron chi connectivity index (χ4n) is 2.46. The summed E-state index contributed by atoms with van der Waals surface area (Å²) >= 11 is 7.11. The van der Waals surface area contributed by atoms with Crippen molar-refractivity contribution in [3.63, 3.8) is 0 Å². The van der Waals surface area contributed by atoms with Crippen molar-refractivity contribution in [3.8, 4) is 11.5 Å². The van der Waals surface area contributed by atoms with Crippen LogP contribution in [0.2, 0.25) is 0 Å². The molecule has 0 amide bonds. The number of fused-ring (bicyclic) bond motifs is 1. The first-order chi connectivity index (χ1) is 10.2. The maximum atomic E-state index is 5.69. The van der Waals surface area contributed by atoms with E-state index in [4.69, 9.17) is 9.47 Å². The minimum Gasteiger partial charge on any atom is -0.486 e. The van der Waals surface area contributed by atoms with Crippen molar-refractivity contribution in [2.45, 2.75) is 6.04 Å². The summed E-state index contributed by atoms with van der Waals surface area (Å²) in [6, 6.07) is 12.4. The van der Waals surface area contributed by atoms with Crippen LogP contribution in [0.25, 0.3) is 0 Å². The van der Waals surface area contributed by atoms with Crippen molar-refractivity contribution in [2.24, 2.45) is 0 Å². The molecular formula is C16H15Br2NO2. The first-order valence-corrected chi connectivity index (χ1v) is 8.29. The van der Waals surface area contributed by atoms with Gasteiger partial charge in [0.2, 0.25) is 0 Å². The van der Waals surface area contributed by atoms with E-state index in [0.717, 1.165) is 26.0 Å². The number of ether oxygens (including phenoxy) is 2. The number of benzene rings is 2. The smallest absolute Gasteiger partial charge is 0.162 e. The van der Waals surface area contributed by atoms with Gasteiger partial charge < -0.3 is 14.8 Å². The summed E-state index contributed by atoms with van der Waals surface area (Å²) in [6.07, 6.45) is 0. The molecule has 2 aromatic rings. The van der Waals surface area contributed by atoms with Gasteiger partial charge in [0.05, 0.1) is 6.04 Å². The van der Waals surface area contributed by atoms with Gasteiger partial charge >= 0.3 is 0 Å². The number of nitrogens with one attached hydrogen (secondary N) is 1. The quantitative estimate of drug-likeness (QED) is 0.815. The highest BCUT2D eigenvalue weighted by molar-refractivity contribution is 9.10. The van der Waals surface area contributed by atoms with Crippen LogP contribution in [0.15, 0.2) is 45.3 Å². The van der Waals surface area contributed by atoms with Crippen LogP contribution < -0.4 is 14.8 Å². The van der Waals surface area contributed by atoms with Crippen LogP contribution >= 0.6 is 31.9 Å². The van der Waals surface area contributed by atoms with Gasteiger partial charge in [-0.3, -0.25) is 0 Å². The minimum atomic E-state index is 0.0864. The van der Waals surface area contributed by atoms with E-state index in [1.807, 2.05) is 31.3 Å². The molecule has 1 heterocycles. The molecule has 3 rings (SSSR count). The molecule has 1 atom stereocenters. The zero-order valence-corrected chi connectivity index (χ0v) is 14.7. The summed E-state index contributed by atoms with van der Waals surface area (Å²) in [4.78, 5) is 0. The van der Waals surface area contributed by atoms with E-state index in [1.54, 1.807) is 0 Å². The molecule has 0 aliphatic carbocycles. The van der Waals surface area contributed by atoms with Crippen LogP contribution in [0.4, 0.5) is 0 Å². The zero-order valence-electron chi connectivity index (χ0n) is 11.5. The van der Waals surface area contributed by atoms with Gasteiger partial charge in [0.25, 0.3) is 0 Å². The van der Waals surface area contributed by atoms with Crippen LogP contribution in [0.3, 0.4) is 0 Å². The lowest BCUT2D eigenvalue weighted by Gasteiger charge is -2.23. The molecule has 0 bridgehead atoms. The molecule has 3 nitrogen and oxygen atoms in total. The molecule has 1 N–H and O–H groups in total. The highest BCUT2D eigenvalue weighted by atomic mass is 79.9. The number of rotatable bonds is 3. The van der Waals surface area contributed by atoms with E-state index in [-0.39, 0.29) is 6.04 Å². The van der Waals surface area contributed by atoms with Gasteiger partial charge in [0.15, 0.2) is 11.5 Å². The Morgan fingerprint density at radius 1 is 1.00 bits per heavy atom. The summed E-state index contributed by atoms with van der Waals surface area (Å²) in [5.74, 6) is 1.60. The second kappa shape index (κ2) is 6.38. The molecular weight excluding hydrogens is 398 g/mol. The predicted octanol–water partition coefficient (Wildman–Crippen LogP) is 4.29. The van der Waals surface area contributed by atoms with Crippen molar-refractivity contribution in [1.29, 1.82) is 0 Å². The standard InChI is InChI=1S/C16H15Br2NO2/c1-19-16(10-2-4-11(17)5-3-10)12-8-14-15(9-13(12)18)21-7-6-20-14/h2-5,8-9,16,19H,6-7H2,1H3. The van der Waals surface area contributed by atoms with E-state index in [0.29, 0.717) is 13.2 Å². The first kappa shape index (κ1) is 14.9. The molecule has 0 spiro atoms. The van der Waals surface area contributed by atoms with Crippen molar-refractivity contribution in [2.75, 3.05) is 20.3 Å². The molecule has 1 aliphatic rings. The Hall–Kier alpha value is -1.04. The molecule has 1 aliphatic heterocycles. The average molecular weight is 413 g/mol. The third kappa shape index (κ3) is 3.10. The number of hydrogen-bond acceptors (Lipinski definition) is 3. The molecule has 2 aromatic carbocycles. The molecule has 21 heavy (non-hydrogen) atoms. The molecule has 1 unspecified atom stereocenters. The number of halogens is 2. The van der Waals surface area contributed by atoms with Gasteiger partial charge in [-0.2, -0.15) is 0 Å².